The maximum Gasteiger partial charge on any atom is 0.151 e. The molecular formula is C26H33ClN4O2. The van der Waals surface area contributed by atoms with E-state index in [9.17, 15) is 0 Å². The van der Waals surface area contributed by atoms with Gasteiger partial charge in [0.15, 0.2) is 5.84 Å². The van der Waals surface area contributed by atoms with E-state index in [-0.39, 0.29) is 12.7 Å². The lowest BCUT2D eigenvalue weighted by atomic mass is 9.99. The predicted octanol–water partition coefficient (Wildman–Crippen LogP) is 5.42. The summed E-state index contributed by atoms with van der Waals surface area (Å²) in [6.07, 6.45) is 10.1. The molecule has 1 aromatic carbocycles. The van der Waals surface area contributed by atoms with Crippen LogP contribution in [0.5, 0.6) is 0 Å². The predicted molar refractivity (Wildman–Crippen MR) is 141 cm³/mol. The monoisotopic (exact) mass is 468 g/mol. The second-order valence-corrected chi connectivity index (χ2v) is 7.90. The van der Waals surface area contributed by atoms with Crippen molar-refractivity contribution in [3.63, 3.8) is 0 Å². The number of aliphatic hydroxyl groups is 1. The molecule has 7 heteroatoms. The minimum absolute atomic E-state index is 0.0598. The number of aliphatic hydroxyl groups excluding tert-OH is 1. The lowest BCUT2D eigenvalue weighted by molar-refractivity contribution is 0.139. The molecule has 1 aromatic rings. The number of amidine groups is 1. The summed E-state index contributed by atoms with van der Waals surface area (Å²) in [4.78, 5) is 9.13. The molecule has 1 aliphatic carbocycles. The highest BCUT2D eigenvalue weighted by molar-refractivity contribution is 6.45. The van der Waals surface area contributed by atoms with Crippen LogP contribution >= 0.6 is 11.6 Å². The Labute approximate surface area is 201 Å². The molecule has 0 radical (unpaired) electrons. The van der Waals surface area contributed by atoms with E-state index < -0.39 is 0 Å². The van der Waals surface area contributed by atoms with Crippen molar-refractivity contribution in [1.29, 1.82) is 0 Å². The number of aliphatic imine (C=N–C) groups is 2. The first-order valence-electron chi connectivity index (χ1n) is 10.8. The lowest BCUT2D eigenvalue weighted by Gasteiger charge is -2.18. The third kappa shape index (κ3) is 8.17. The molecule has 0 bridgehead atoms. The smallest absolute Gasteiger partial charge is 0.151 e. The highest BCUT2D eigenvalue weighted by atomic mass is 35.5. The van der Waals surface area contributed by atoms with E-state index >= 15 is 0 Å². The van der Waals surface area contributed by atoms with E-state index in [0.717, 1.165) is 40.2 Å². The molecule has 6 nitrogen and oxygen atoms in total. The Bertz CT molecular complexity index is 1000. The molecule has 0 spiro atoms. The van der Waals surface area contributed by atoms with Crippen LogP contribution in [0.15, 0.2) is 87.6 Å². The van der Waals surface area contributed by atoms with Gasteiger partial charge < -0.3 is 20.5 Å². The van der Waals surface area contributed by atoms with E-state index in [4.69, 9.17) is 21.4 Å². The zero-order chi connectivity index (χ0) is 24.2. The molecule has 0 fully saturated rings. The highest BCUT2D eigenvalue weighted by Crippen LogP contribution is 2.27. The number of hydrogen-bond acceptors (Lipinski definition) is 5. The number of ether oxygens (including phenoxy) is 1. The van der Waals surface area contributed by atoms with Crippen LogP contribution in [-0.4, -0.2) is 43.0 Å². The highest BCUT2D eigenvalue weighted by Gasteiger charge is 2.16. The third-order valence-electron chi connectivity index (χ3n) is 4.99. The first kappa shape index (κ1) is 26.3. The topological polar surface area (TPSA) is 78.2 Å². The molecule has 0 heterocycles. The molecule has 33 heavy (non-hydrogen) atoms. The summed E-state index contributed by atoms with van der Waals surface area (Å²) < 4.78 is 5.35. The number of rotatable bonds is 10. The van der Waals surface area contributed by atoms with Gasteiger partial charge in [-0.1, -0.05) is 42.5 Å². The van der Waals surface area contributed by atoms with Gasteiger partial charge in [-0.15, -0.1) is 0 Å². The van der Waals surface area contributed by atoms with Gasteiger partial charge >= 0.3 is 0 Å². The van der Waals surface area contributed by atoms with Crippen LogP contribution in [0.2, 0.25) is 0 Å². The van der Waals surface area contributed by atoms with Gasteiger partial charge in [0.2, 0.25) is 0 Å². The number of benzene rings is 1. The summed E-state index contributed by atoms with van der Waals surface area (Å²) >= 11 is 6.31. The molecule has 176 valence electrons. The van der Waals surface area contributed by atoms with Crippen LogP contribution in [0.3, 0.4) is 0 Å². The average Bonchev–Trinajstić information content (AvgIpc) is 2.83. The molecule has 2 rings (SSSR count). The Hall–Kier alpha value is -2.93. The quantitative estimate of drug-likeness (QED) is 0.316. The van der Waals surface area contributed by atoms with Crippen molar-refractivity contribution < 1.29 is 9.84 Å². The Morgan fingerprint density at radius 2 is 2.00 bits per heavy atom. The van der Waals surface area contributed by atoms with Gasteiger partial charge in [0.05, 0.1) is 18.4 Å². The fourth-order valence-electron chi connectivity index (χ4n) is 3.03. The van der Waals surface area contributed by atoms with Gasteiger partial charge in [-0.3, -0.25) is 4.99 Å². The van der Waals surface area contributed by atoms with Crippen molar-refractivity contribution in [2.75, 3.05) is 25.6 Å². The van der Waals surface area contributed by atoms with Crippen molar-refractivity contribution in [2.45, 2.75) is 33.3 Å². The molecule has 0 saturated carbocycles. The van der Waals surface area contributed by atoms with E-state index in [1.807, 2.05) is 63.4 Å². The summed E-state index contributed by atoms with van der Waals surface area (Å²) in [5, 5.41) is 16.0. The van der Waals surface area contributed by atoms with Gasteiger partial charge in [-0.2, -0.15) is 0 Å². The SMILES string of the molecule is C=C(NCCO)c1ccc(NC(=N/C=C\C)C(C)=N/C=C(\C)C2=CCC(OC)C(Cl)=C2)cc1. The zero-order valence-corrected chi connectivity index (χ0v) is 20.5. The maximum atomic E-state index is 8.95. The second-order valence-electron chi connectivity index (χ2n) is 7.47. The standard InChI is InChI=1S/C26H33ClN4O2/c1-6-13-29-26(31-23-10-7-21(8-11-23)19(3)28-14-15-32)20(4)30-17-18(2)22-9-12-25(33-5)24(27)16-22/h6-11,13,16-17,25,28,32H,3,12,14-15H2,1-2,4-5H3,(H,29,31)/b13-6-,18-17+,30-20?. The van der Waals surface area contributed by atoms with Crippen molar-refractivity contribution >= 4 is 34.5 Å². The number of methoxy groups -OCH3 is 1. The van der Waals surface area contributed by atoms with Crippen LogP contribution in [0, 0.1) is 0 Å². The first-order chi connectivity index (χ1) is 15.9. The van der Waals surface area contributed by atoms with E-state index in [1.54, 1.807) is 13.3 Å². The molecule has 3 N–H and O–H groups in total. The number of anilines is 1. The van der Waals surface area contributed by atoms with Crippen LogP contribution in [0.25, 0.3) is 5.70 Å². The van der Waals surface area contributed by atoms with Crippen molar-refractivity contribution in [3.05, 3.63) is 83.2 Å². The van der Waals surface area contributed by atoms with E-state index in [0.29, 0.717) is 17.4 Å². The average molecular weight is 469 g/mol. The molecule has 0 aliphatic heterocycles. The summed E-state index contributed by atoms with van der Waals surface area (Å²) in [6, 6.07) is 7.81. The van der Waals surface area contributed by atoms with Crippen LogP contribution in [0.4, 0.5) is 5.69 Å². The normalized spacial score (nSPS) is 17.6. The third-order valence-corrected chi connectivity index (χ3v) is 5.34. The Morgan fingerprint density at radius 1 is 1.27 bits per heavy atom. The van der Waals surface area contributed by atoms with E-state index in [2.05, 4.69) is 33.3 Å². The Balaban J connectivity index is 2.16. The number of allylic oxidation sites excluding steroid dienone is 4. The molecule has 1 atom stereocenters. The molecule has 1 unspecified atom stereocenters. The van der Waals surface area contributed by atoms with Gasteiger partial charge in [-0.25, -0.2) is 4.99 Å². The fourth-order valence-corrected chi connectivity index (χ4v) is 3.32. The number of hydrogen-bond donors (Lipinski definition) is 3. The summed E-state index contributed by atoms with van der Waals surface area (Å²) in [5.74, 6) is 0.646. The Morgan fingerprint density at radius 3 is 2.61 bits per heavy atom. The molecule has 0 amide bonds. The lowest BCUT2D eigenvalue weighted by Crippen LogP contribution is -2.20. The number of nitrogens with zero attached hydrogens (tertiary/aromatic N) is 2. The minimum Gasteiger partial charge on any atom is -0.395 e. The maximum absolute atomic E-state index is 8.95. The zero-order valence-electron chi connectivity index (χ0n) is 19.7. The Kier molecular flexibility index (Phi) is 10.8. The van der Waals surface area contributed by atoms with Gasteiger partial charge in [0.25, 0.3) is 0 Å². The second kappa shape index (κ2) is 13.6. The summed E-state index contributed by atoms with van der Waals surface area (Å²) in [7, 11) is 1.66. The number of halogens is 1. The first-order valence-corrected chi connectivity index (χ1v) is 11.2. The van der Waals surface area contributed by atoms with Crippen LogP contribution in [-0.2, 0) is 4.74 Å². The molecular weight excluding hydrogens is 436 g/mol. The molecule has 0 aromatic heterocycles. The van der Waals surface area contributed by atoms with E-state index in [1.165, 1.54) is 0 Å². The van der Waals surface area contributed by atoms with Crippen LogP contribution in [0.1, 0.15) is 32.8 Å². The largest absolute Gasteiger partial charge is 0.395 e. The van der Waals surface area contributed by atoms with Crippen molar-refractivity contribution in [1.82, 2.24) is 5.32 Å². The molecule has 0 saturated heterocycles. The van der Waals surface area contributed by atoms with Gasteiger partial charge in [0.1, 0.15) is 0 Å². The van der Waals surface area contributed by atoms with Crippen molar-refractivity contribution in [3.8, 4) is 0 Å². The van der Waals surface area contributed by atoms with Gasteiger partial charge in [0, 0.05) is 42.5 Å². The van der Waals surface area contributed by atoms with Gasteiger partial charge in [-0.05, 0) is 62.1 Å². The summed E-state index contributed by atoms with van der Waals surface area (Å²) in [5.41, 5.74) is 5.38. The fraction of sp³-hybridized carbons (Fsp3) is 0.308. The van der Waals surface area contributed by atoms with Crippen LogP contribution < -0.4 is 10.6 Å². The minimum atomic E-state index is -0.0776. The molecule has 1 aliphatic rings. The number of nitrogens with one attached hydrogen (secondary N) is 2. The summed E-state index contributed by atoms with van der Waals surface area (Å²) in [6.45, 7) is 10.3. The van der Waals surface area contributed by atoms with Crippen molar-refractivity contribution in [2.24, 2.45) is 9.98 Å².